The minimum Gasteiger partial charge on any atom is -0.361 e. The topological polar surface area (TPSA) is 82.2 Å². The lowest BCUT2D eigenvalue weighted by Crippen LogP contribution is -2.51. The average Bonchev–Trinajstić information content (AvgIpc) is 2.69. The third-order valence-corrected chi connectivity index (χ3v) is 3.81. The highest BCUT2D eigenvalue weighted by Crippen LogP contribution is 2.16. The molecule has 116 valence electrons. The lowest BCUT2D eigenvalue weighted by molar-refractivity contribution is -0.123. The predicted molar refractivity (Wildman–Crippen MR) is 79.3 cm³/mol. The maximum Gasteiger partial charge on any atom is 0.235 e. The van der Waals surface area contributed by atoms with Crippen molar-refractivity contribution < 1.29 is 9.32 Å². The fourth-order valence-corrected chi connectivity index (χ4v) is 1.93. The molecule has 1 rings (SSSR count). The second kappa shape index (κ2) is 6.72. The number of nitrogens with one attached hydrogen (secondary N) is 1. The van der Waals surface area contributed by atoms with E-state index in [1.807, 2.05) is 39.6 Å². The van der Waals surface area contributed by atoms with Gasteiger partial charge in [0, 0.05) is 12.1 Å². The number of aromatic nitrogens is 1. The molecular formula is C15H24N4O2. The van der Waals surface area contributed by atoms with Gasteiger partial charge in [-0.3, -0.25) is 9.69 Å². The smallest absolute Gasteiger partial charge is 0.235 e. The van der Waals surface area contributed by atoms with Crippen molar-refractivity contribution in [2.75, 3.05) is 13.6 Å². The highest BCUT2D eigenvalue weighted by Gasteiger charge is 2.30. The molecule has 1 N–H and O–H groups in total. The fraction of sp³-hybridized carbons (Fsp3) is 0.667. The molecule has 0 aliphatic carbocycles. The van der Waals surface area contributed by atoms with Gasteiger partial charge >= 0.3 is 0 Å². The maximum absolute atomic E-state index is 12.1. The van der Waals surface area contributed by atoms with Crippen molar-refractivity contribution in [2.45, 2.75) is 46.7 Å². The average molecular weight is 292 g/mol. The summed E-state index contributed by atoms with van der Waals surface area (Å²) in [5.74, 6) is 0.644. The SMILES string of the molecule is Cc1noc(C)c1CN(C)CC(=O)N[C@](C)(C#N)C(C)C. The van der Waals surface area contributed by atoms with Crippen LogP contribution >= 0.6 is 0 Å². The number of hydrogen-bond acceptors (Lipinski definition) is 5. The Bertz CT molecular complexity index is 525. The highest BCUT2D eigenvalue weighted by molar-refractivity contribution is 5.79. The number of nitrogens with zero attached hydrogens (tertiary/aromatic N) is 3. The van der Waals surface area contributed by atoms with Crippen molar-refractivity contribution in [3.63, 3.8) is 0 Å². The van der Waals surface area contributed by atoms with Crippen molar-refractivity contribution in [1.29, 1.82) is 5.26 Å². The van der Waals surface area contributed by atoms with Gasteiger partial charge in [0.2, 0.25) is 5.91 Å². The molecule has 0 fully saturated rings. The summed E-state index contributed by atoms with van der Waals surface area (Å²) >= 11 is 0. The zero-order valence-electron chi connectivity index (χ0n) is 13.6. The molecular weight excluding hydrogens is 268 g/mol. The molecule has 0 aromatic carbocycles. The van der Waals surface area contributed by atoms with E-state index >= 15 is 0 Å². The molecule has 1 atom stereocenters. The normalized spacial score (nSPS) is 14.0. The third kappa shape index (κ3) is 4.30. The van der Waals surface area contributed by atoms with Crippen LogP contribution in [0, 0.1) is 31.1 Å². The number of rotatable bonds is 6. The van der Waals surface area contributed by atoms with E-state index in [0.717, 1.165) is 17.0 Å². The Morgan fingerprint density at radius 1 is 1.52 bits per heavy atom. The number of nitriles is 1. The summed E-state index contributed by atoms with van der Waals surface area (Å²) in [4.78, 5) is 14.0. The Kier molecular flexibility index (Phi) is 5.50. The minimum atomic E-state index is -0.846. The molecule has 1 aromatic heterocycles. The van der Waals surface area contributed by atoms with E-state index in [2.05, 4.69) is 16.5 Å². The van der Waals surface area contributed by atoms with Gasteiger partial charge < -0.3 is 9.84 Å². The Labute approximate surface area is 126 Å². The molecule has 1 aromatic rings. The zero-order valence-corrected chi connectivity index (χ0v) is 13.6. The fourth-order valence-electron chi connectivity index (χ4n) is 1.93. The lowest BCUT2D eigenvalue weighted by atomic mass is 9.90. The summed E-state index contributed by atoms with van der Waals surface area (Å²) in [6, 6.07) is 2.17. The van der Waals surface area contributed by atoms with E-state index in [1.54, 1.807) is 6.92 Å². The van der Waals surface area contributed by atoms with Crippen LogP contribution in [0.2, 0.25) is 0 Å². The molecule has 0 unspecified atom stereocenters. The van der Waals surface area contributed by atoms with Crippen molar-refractivity contribution >= 4 is 5.91 Å². The Balaban J connectivity index is 2.61. The number of amides is 1. The van der Waals surface area contributed by atoms with E-state index < -0.39 is 5.54 Å². The van der Waals surface area contributed by atoms with Crippen LogP contribution in [0.5, 0.6) is 0 Å². The predicted octanol–water partition coefficient (Wildman–Crippen LogP) is 1.78. The first kappa shape index (κ1) is 17.2. The van der Waals surface area contributed by atoms with Gasteiger partial charge in [-0.2, -0.15) is 5.26 Å². The van der Waals surface area contributed by atoms with Gasteiger partial charge in [-0.15, -0.1) is 0 Å². The molecule has 0 aliphatic heterocycles. The number of likely N-dealkylation sites (N-methyl/N-ethyl adjacent to an activating group) is 1. The summed E-state index contributed by atoms with van der Waals surface area (Å²) in [6.07, 6.45) is 0. The van der Waals surface area contributed by atoms with Crippen LogP contribution in [0.15, 0.2) is 4.52 Å². The van der Waals surface area contributed by atoms with Gasteiger partial charge in [0.25, 0.3) is 0 Å². The van der Waals surface area contributed by atoms with Crippen LogP contribution in [0.4, 0.5) is 0 Å². The Hall–Kier alpha value is -1.87. The first-order chi connectivity index (χ1) is 9.69. The molecule has 0 bridgehead atoms. The van der Waals surface area contributed by atoms with Gasteiger partial charge in [0.1, 0.15) is 11.3 Å². The number of aryl methyl sites for hydroxylation is 2. The molecule has 6 heteroatoms. The Morgan fingerprint density at radius 2 is 2.14 bits per heavy atom. The van der Waals surface area contributed by atoms with Gasteiger partial charge in [-0.05, 0) is 33.7 Å². The molecule has 1 amide bonds. The van der Waals surface area contributed by atoms with E-state index in [9.17, 15) is 10.1 Å². The maximum atomic E-state index is 12.1. The summed E-state index contributed by atoms with van der Waals surface area (Å²) in [6.45, 7) is 10.1. The summed E-state index contributed by atoms with van der Waals surface area (Å²) < 4.78 is 5.11. The molecule has 0 radical (unpaired) electrons. The van der Waals surface area contributed by atoms with Crippen LogP contribution in [0.3, 0.4) is 0 Å². The second-order valence-electron chi connectivity index (χ2n) is 5.99. The quantitative estimate of drug-likeness (QED) is 0.864. The summed E-state index contributed by atoms with van der Waals surface area (Å²) in [5, 5.41) is 15.9. The standard InChI is InChI=1S/C15H24N4O2/c1-10(2)15(5,9-16)17-14(20)8-19(6)7-13-11(3)18-21-12(13)4/h10H,7-8H2,1-6H3,(H,17,20)/t15-/m1/s1. The molecule has 21 heavy (non-hydrogen) atoms. The van der Waals surface area contributed by atoms with Gasteiger partial charge in [0.15, 0.2) is 0 Å². The van der Waals surface area contributed by atoms with Crippen LogP contribution in [0.25, 0.3) is 0 Å². The van der Waals surface area contributed by atoms with Crippen molar-refractivity contribution in [3.8, 4) is 6.07 Å². The summed E-state index contributed by atoms with van der Waals surface area (Å²) in [5.41, 5.74) is 0.988. The lowest BCUT2D eigenvalue weighted by Gasteiger charge is -2.28. The highest BCUT2D eigenvalue weighted by atomic mass is 16.5. The van der Waals surface area contributed by atoms with Crippen LogP contribution in [-0.2, 0) is 11.3 Å². The molecule has 0 saturated carbocycles. The van der Waals surface area contributed by atoms with Crippen molar-refractivity contribution in [3.05, 3.63) is 17.0 Å². The minimum absolute atomic E-state index is 0.0410. The number of carbonyl (C=O) groups is 1. The van der Waals surface area contributed by atoms with Crippen molar-refractivity contribution in [2.24, 2.45) is 5.92 Å². The third-order valence-electron chi connectivity index (χ3n) is 3.81. The van der Waals surface area contributed by atoms with Gasteiger partial charge in [0.05, 0.1) is 18.3 Å². The van der Waals surface area contributed by atoms with Crippen molar-refractivity contribution in [1.82, 2.24) is 15.4 Å². The van der Waals surface area contributed by atoms with Crippen LogP contribution in [0.1, 0.15) is 37.8 Å². The first-order valence-electron chi connectivity index (χ1n) is 7.02. The van der Waals surface area contributed by atoms with E-state index in [1.165, 1.54) is 0 Å². The molecule has 1 heterocycles. The number of carbonyl (C=O) groups excluding carboxylic acids is 1. The summed E-state index contributed by atoms with van der Waals surface area (Å²) in [7, 11) is 1.85. The Morgan fingerprint density at radius 3 is 2.57 bits per heavy atom. The van der Waals surface area contributed by atoms with E-state index in [-0.39, 0.29) is 18.4 Å². The van der Waals surface area contributed by atoms with E-state index in [0.29, 0.717) is 6.54 Å². The first-order valence-corrected chi connectivity index (χ1v) is 7.02. The molecule has 6 nitrogen and oxygen atoms in total. The zero-order chi connectivity index (χ0) is 16.2. The second-order valence-corrected chi connectivity index (χ2v) is 5.99. The van der Waals surface area contributed by atoms with Gasteiger partial charge in [-0.1, -0.05) is 19.0 Å². The molecule has 0 saturated heterocycles. The van der Waals surface area contributed by atoms with Crippen LogP contribution in [-0.4, -0.2) is 35.1 Å². The largest absolute Gasteiger partial charge is 0.361 e. The molecule has 0 spiro atoms. The van der Waals surface area contributed by atoms with E-state index in [4.69, 9.17) is 4.52 Å². The monoisotopic (exact) mass is 292 g/mol. The van der Waals surface area contributed by atoms with Crippen LogP contribution < -0.4 is 5.32 Å². The molecule has 0 aliphatic rings. The number of hydrogen-bond donors (Lipinski definition) is 1. The van der Waals surface area contributed by atoms with Gasteiger partial charge in [-0.25, -0.2) is 0 Å².